The van der Waals surface area contributed by atoms with Gasteiger partial charge < -0.3 is 9.64 Å². The van der Waals surface area contributed by atoms with Gasteiger partial charge in [0.05, 0.1) is 13.5 Å². The Kier molecular flexibility index (Phi) is 5.05. The predicted octanol–water partition coefficient (Wildman–Crippen LogP) is 0.575. The fourth-order valence-electron chi connectivity index (χ4n) is 1.97. The van der Waals surface area contributed by atoms with Crippen molar-refractivity contribution in [2.24, 2.45) is 0 Å². The van der Waals surface area contributed by atoms with Crippen LogP contribution in [0.4, 0.5) is 0 Å². The molecule has 0 aromatic carbocycles. The van der Waals surface area contributed by atoms with Crippen LogP contribution in [0, 0.1) is 0 Å². The lowest BCUT2D eigenvalue weighted by Crippen LogP contribution is -2.49. The van der Waals surface area contributed by atoms with Crippen LogP contribution in [0.1, 0.15) is 20.3 Å². The van der Waals surface area contributed by atoms with Crippen LogP contribution >= 0.6 is 0 Å². The first-order valence-electron chi connectivity index (χ1n) is 5.70. The van der Waals surface area contributed by atoms with Crippen LogP contribution in [-0.4, -0.2) is 61.6 Å². The Morgan fingerprint density at radius 1 is 1.33 bits per heavy atom. The lowest BCUT2D eigenvalue weighted by molar-refractivity contribution is -0.142. The molecule has 1 aliphatic heterocycles. The van der Waals surface area contributed by atoms with Crippen LogP contribution in [0.15, 0.2) is 0 Å². The van der Waals surface area contributed by atoms with Gasteiger partial charge in [0.1, 0.15) is 0 Å². The van der Waals surface area contributed by atoms with E-state index in [1.54, 1.807) is 0 Å². The van der Waals surface area contributed by atoms with E-state index in [2.05, 4.69) is 28.4 Å². The number of nitrogens with zero attached hydrogens (tertiary/aromatic N) is 2. The summed E-state index contributed by atoms with van der Waals surface area (Å²) in [7, 11) is 1.45. The maximum atomic E-state index is 11.1. The van der Waals surface area contributed by atoms with Crippen molar-refractivity contribution in [3.8, 4) is 0 Å². The van der Waals surface area contributed by atoms with Gasteiger partial charge in [0.25, 0.3) is 0 Å². The zero-order valence-electron chi connectivity index (χ0n) is 10.0. The first-order valence-corrected chi connectivity index (χ1v) is 5.70. The molecule has 1 rings (SSSR count). The second kappa shape index (κ2) is 6.08. The minimum atomic E-state index is -0.111. The van der Waals surface area contributed by atoms with E-state index in [1.165, 1.54) is 7.11 Å². The Hall–Kier alpha value is -0.610. The summed E-state index contributed by atoms with van der Waals surface area (Å²) in [6, 6.07) is 0.302. The van der Waals surface area contributed by atoms with E-state index < -0.39 is 0 Å². The summed E-state index contributed by atoms with van der Waals surface area (Å²) in [5.74, 6) is -0.111. The third-order valence-corrected chi connectivity index (χ3v) is 3.17. The standard InChI is InChI=1S/C11H22N2O2/c1-4-12-5-7-13(8-6-12)10(2)9-11(14)15-3/h10H,4-9H2,1-3H3. The Morgan fingerprint density at radius 3 is 2.40 bits per heavy atom. The molecule has 0 N–H and O–H groups in total. The average Bonchev–Trinajstić information content (AvgIpc) is 2.29. The van der Waals surface area contributed by atoms with E-state index in [-0.39, 0.29) is 5.97 Å². The molecule has 1 aliphatic rings. The van der Waals surface area contributed by atoms with E-state index >= 15 is 0 Å². The van der Waals surface area contributed by atoms with Gasteiger partial charge in [-0.2, -0.15) is 0 Å². The highest BCUT2D eigenvalue weighted by atomic mass is 16.5. The summed E-state index contributed by atoms with van der Waals surface area (Å²) in [6.45, 7) is 9.76. The first kappa shape index (κ1) is 12.5. The number of piperazine rings is 1. The molecule has 4 nitrogen and oxygen atoms in total. The summed E-state index contributed by atoms with van der Waals surface area (Å²) in [4.78, 5) is 15.9. The molecular weight excluding hydrogens is 192 g/mol. The normalized spacial score (nSPS) is 21.3. The number of ether oxygens (including phenoxy) is 1. The molecule has 0 radical (unpaired) electrons. The number of methoxy groups -OCH3 is 1. The maximum Gasteiger partial charge on any atom is 0.307 e. The SMILES string of the molecule is CCN1CCN(C(C)CC(=O)OC)CC1. The molecule has 0 aliphatic carbocycles. The summed E-state index contributed by atoms with van der Waals surface area (Å²) in [5, 5.41) is 0. The molecule has 1 unspecified atom stereocenters. The Morgan fingerprint density at radius 2 is 1.93 bits per heavy atom. The third kappa shape index (κ3) is 3.80. The van der Waals surface area contributed by atoms with Crippen molar-refractivity contribution in [2.75, 3.05) is 39.8 Å². The van der Waals surface area contributed by atoms with Crippen LogP contribution in [0.2, 0.25) is 0 Å². The van der Waals surface area contributed by atoms with Crippen LogP contribution in [0.5, 0.6) is 0 Å². The number of likely N-dealkylation sites (N-methyl/N-ethyl adjacent to an activating group) is 1. The summed E-state index contributed by atoms with van der Waals surface area (Å²) < 4.78 is 4.68. The predicted molar refractivity (Wildman–Crippen MR) is 59.8 cm³/mol. The number of carbonyl (C=O) groups excluding carboxylic acids is 1. The van der Waals surface area contributed by atoms with Gasteiger partial charge in [0.2, 0.25) is 0 Å². The van der Waals surface area contributed by atoms with Gasteiger partial charge in [-0.05, 0) is 13.5 Å². The van der Waals surface area contributed by atoms with Gasteiger partial charge in [0, 0.05) is 32.2 Å². The molecular formula is C11H22N2O2. The van der Waals surface area contributed by atoms with Crippen molar-refractivity contribution in [1.29, 1.82) is 0 Å². The van der Waals surface area contributed by atoms with Crippen molar-refractivity contribution in [1.82, 2.24) is 9.80 Å². The van der Waals surface area contributed by atoms with Crippen LogP contribution < -0.4 is 0 Å². The quantitative estimate of drug-likeness (QED) is 0.641. The van der Waals surface area contributed by atoms with E-state index in [1.807, 2.05) is 0 Å². The largest absolute Gasteiger partial charge is 0.469 e. The molecule has 1 heterocycles. The number of hydrogen-bond donors (Lipinski definition) is 0. The minimum Gasteiger partial charge on any atom is -0.469 e. The van der Waals surface area contributed by atoms with Gasteiger partial charge in [-0.3, -0.25) is 9.69 Å². The summed E-state index contributed by atoms with van der Waals surface area (Å²) in [6.07, 6.45) is 0.503. The molecule has 0 aromatic heterocycles. The van der Waals surface area contributed by atoms with Gasteiger partial charge in [-0.25, -0.2) is 0 Å². The topological polar surface area (TPSA) is 32.8 Å². The third-order valence-electron chi connectivity index (χ3n) is 3.17. The second-order valence-electron chi connectivity index (χ2n) is 4.10. The molecule has 1 saturated heterocycles. The van der Waals surface area contributed by atoms with Crippen molar-refractivity contribution < 1.29 is 9.53 Å². The lowest BCUT2D eigenvalue weighted by Gasteiger charge is -2.37. The Labute approximate surface area is 92.2 Å². The molecule has 1 atom stereocenters. The highest BCUT2D eigenvalue weighted by molar-refractivity contribution is 5.69. The molecule has 88 valence electrons. The van der Waals surface area contributed by atoms with E-state index in [9.17, 15) is 4.79 Å². The lowest BCUT2D eigenvalue weighted by atomic mass is 10.1. The van der Waals surface area contributed by atoms with E-state index in [0.29, 0.717) is 12.5 Å². The second-order valence-corrected chi connectivity index (χ2v) is 4.10. The summed E-state index contributed by atoms with van der Waals surface area (Å²) >= 11 is 0. The number of rotatable bonds is 4. The van der Waals surface area contributed by atoms with Crippen LogP contribution in [-0.2, 0) is 9.53 Å². The van der Waals surface area contributed by atoms with E-state index in [4.69, 9.17) is 0 Å². The molecule has 0 aromatic rings. The number of esters is 1. The fourth-order valence-corrected chi connectivity index (χ4v) is 1.97. The zero-order valence-corrected chi connectivity index (χ0v) is 10.0. The molecule has 0 bridgehead atoms. The Bertz CT molecular complexity index is 201. The minimum absolute atomic E-state index is 0.111. The van der Waals surface area contributed by atoms with Crippen LogP contribution in [0.25, 0.3) is 0 Å². The highest BCUT2D eigenvalue weighted by Crippen LogP contribution is 2.09. The molecule has 0 amide bonds. The smallest absolute Gasteiger partial charge is 0.307 e. The Balaban J connectivity index is 2.29. The molecule has 4 heteroatoms. The van der Waals surface area contributed by atoms with Crippen molar-refractivity contribution in [3.63, 3.8) is 0 Å². The van der Waals surface area contributed by atoms with Gasteiger partial charge >= 0.3 is 5.97 Å². The molecule has 15 heavy (non-hydrogen) atoms. The first-order chi connectivity index (χ1) is 7.17. The average molecular weight is 214 g/mol. The monoisotopic (exact) mass is 214 g/mol. The van der Waals surface area contributed by atoms with E-state index in [0.717, 1.165) is 32.7 Å². The molecule has 0 saturated carbocycles. The zero-order chi connectivity index (χ0) is 11.3. The fraction of sp³-hybridized carbons (Fsp3) is 0.909. The van der Waals surface area contributed by atoms with Crippen molar-refractivity contribution in [3.05, 3.63) is 0 Å². The number of carbonyl (C=O) groups is 1. The van der Waals surface area contributed by atoms with Crippen molar-refractivity contribution >= 4 is 5.97 Å². The van der Waals surface area contributed by atoms with Crippen LogP contribution in [0.3, 0.4) is 0 Å². The van der Waals surface area contributed by atoms with Crippen molar-refractivity contribution in [2.45, 2.75) is 26.3 Å². The maximum absolute atomic E-state index is 11.1. The highest BCUT2D eigenvalue weighted by Gasteiger charge is 2.21. The summed E-state index contributed by atoms with van der Waals surface area (Å²) in [5.41, 5.74) is 0. The van der Waals surface area contributed by atoms with Gasteiger partial charge in [0.15, 0.2) is 0 Å². The number of hydrogen-bond acceptors (Lipinski definition) is 4. The molecule has 1 fully saturated rings. The van der Waals surface area contributed by atoms with Gasteiger partial charge in [-0.1, -0.05) is 6.92 Å². The molecule has 0 spiro atoms. The van der Waals surface area contributed by atoms with Gasteiger partial charge in [-0.15, -0.1) is 0 Å².